The van der Waals surface area contributed by atoms with Gasteiger partial charge in [-0.15, -0.1) is 11.3 Å². The molecule has 0 radical (unpaired) electrons. The Balaban J connectivity index is 1.71. The van der Waals surface area contributed by atoms with Crippen molar-refractivity contribution in [3.8, 4) is 0 Å². The van der Waals surface area contributed by atoms with Gasteiger partial charge >= 0.3 is 0 Å². The lowest BCUT2D eigenvalue weighted by Crippen LogP contribution is -2.23. The SMILES string of the molecule is Cc1cc(CNCC2CCCCC2)sc1C. The van der Waals surface area contributed by atoms with Gasteiger partial charge in [0.15, 0.2) is 0 Å². The van der Waals surface area contributed by atoms with Crippen molar-refractivity contribution in [2.45, 2.75) is 52.5 Å². The zero-order chi connectivity index (χ0) is 11.4. The van der Waals surface area contributed by atoms with Crippen molar-refractivity contribution in [1.29, 1.82) is 0 Å². The third kappa shape index (κ3) is 3.33. The second-order valence-corrected chi connectivity index (χ2v) is 6.43. The first kappa shape index (κ1) is 12.1. The Labute approximate surface area is 103 Å². The van der Waals surface area contributed by atoms with Crippen LogP contribution in [0.25, 0.3) is 0 Å². The summed E-state index contributed by atoms with van der Waals surface area (Å²) in [4.78, 5) is 2.96. The summed E-state index contributed by atoms with van der Waals surface area (Å²) in [6.07, 6.45) is 7.23. The van der Waals surface area contributed by atoms with Crippen LogP contribution >= 0.6 is 11.3 Å². The number of hydrogen-bond acceptors (Lipinski definition) is 2. The molecule has 0 bridgehead atoms. The van der Waals surface area contributed by atoms with Crippen molar-refractivity contribution in [1.82, 2.24) is 5.32 Å². The molecule has 0 aliphatic heterocycles. The van der Waals surface area contributed by atoms with E-state index in [-0.39, 0.29) is 0 Å². The molecule has 1 heterocycles. The van der Waals surface area contributed by atoms with E-state index in [0.29, 0.717) is 0 Å². The third-order valence-electron chi connectivity index (χ3n) is 3.67. The van der Waals surface area contributed by atoms with Crippen molar-refractivity contribution < 1.29 is 0 Å². The molecule has 2 rings (SSSR count). The highest BCUT2D eigenvalue weighted by atomic mass is 32.1. The lowest BCUT2D eigenvalue weighted by atomic mass is 9.89. The van der Waals surface area contributed by atoms with Gasteiger partial charge in [0.25, 0.3) is 0 Å². The molecule has 1 nitrogen and oxygen atoms in total. The molecule has 16 heavy (non-hydrogen) atoms. The zero-order valence-electron chi connectivity index (χ0n) is 10.5. The summed E-state index contributed by atoms with van der Waals surface area (Å²) in [6.45, 7) is 6.70. The first-order valence-corrected chi connectivity index (χ1v) is 7.34. The maximum Gasteiger partial charge on any atom is 0.0300 e. The van der Waals surface area contributed by atoms with E-state index in [2.05, 4.69) is 25.2 Å². The van der Waals surface area contributed by atoms with Crippen LogP contribution in [0.1, 0.15) is 47.4 Å². The van der Waals surface area contributed by atoms with E-state index in [1.807, 2.05) is 11.3 Å². The first-order chi connectivity index (χ1) is 7.75. The molecule has 0 amide bonds. The van der Waals surface area contributed by atoms with E-state index >= 15 is 0 Å². The highest BCUT2D eigenvalue weighted by Crippen LogP contribution is 2.23. The van der Waals surface area contributed by atoms with Gasteiger partial charge in [-0.1, -0.05) is 19.3 Å². The van der Waals surface area contributed by atoms with Crippen molar-refractivity contribution in [2.75, 3.05) is 6.54 Å². The Morgan fingerprint density at radius 3 is 2.62 bits per heavy atom. The molecule has 0 saturated heterocycles. The molecule has 90 valence electrons. The van der Waals surface area contributed by atoms with Crippen molar-refractivity contribution in [2.24, 2.45) is 5.92 Å². The van der Waals surface area contributed by atoms with E-state index in [1.165, 1.54) is 54.0 Å². The summed E-state index contributed by atoms with van der Waals surface area (Å²) >= 11 is 1.94. The highest BCUT2D eigenvalue weighted by Gasteiger charge is 2.12. The molecule has 1 aromatic rings. The molecule has 1 N–H and O–H groups in total. The Morgan fingerprint density at radius 1 is 1.25 bits per heavy atom. The Hall–Kier alpha value is -0.340. The molecule has 0 aromatic carbocycles. The molecule has 1 aliphatic rings. The van der Waals surface area contributed by atoms with Crippen molar-refractivity contribution in [3.63, 3.8) is 0 Å². The second kappa shape index (κ2) is 5.83. The van der Waals surface area contributed by atoms with Gasteiger partial charge in [0.05, 0.1) is 0 Å². The van der Waals surface area contributed by atoms with Gasteiger partial charge in [-0.25, -0.2) is 0 Å². The van der Waals surface area contributed by atoms with Crippen LogP contribution in [0.4, 0.5) is 0 Å². The number of hydrogen-bond donors (Lipinski definition) is 1. The predicted molar refractivity (Wildman–Crippen MR) is 72.1 cm³/mol. The minimum absolute atomic E-state index is 0.941. The molecule has 2 heteroatoms. The van der Waals surface area contributed by atoms with Crippen LogP contribution in [-0.2, 0) is 6.54 Å². The van der Waals surface area contributed by atoms with Crippen LogP contribution in [0, 0.1) is 19.8 Å². The number of nitrogens with one attached hydrogen (secondary N) is 1. The normalized spacial score (nSPS) is 17.9. The lowest BCUT2D eigenvalue weighted by Gasteiger charge is -2.21. The predicted octanol–water partition coefficient (Wildman–Crippen LogP) is 4.03. The summed E-state index contributed by atoms with van der Waals surface area (Å²) in [7, 11) is 0. The summed E-state index contributed by atoms with van der Waals surface area (Å²) in [6, 6.07) is 2.33. The fraction of sp³-hybridized carbons (Fsp3) is 0.714. The van der Waals surface area contributed by atoms with E-state index in [4.69, 9.17) is 0 Å². The average molecular weight is 237 g/mol. The molecular weight excluding hydrogens is 214 g/mol. The molecule has 1 aliphatic carbocycles. The summed E-state index contributed by atoms with van der Waals surface area (Å²) in [5, 5.41) is 3.62. The highest BCUT2D eigenvalue weighted by molar-refractivity contribution is 7.12. The minimum atomic E-state index is 0.941. The Bertz CT molecular complexity index is 304. The first-order valence-electron chi connectivity index (χ1n) is 6.52. The van der Waals surface area contributed by atoms with E-state index < -0.39 is 0 Å². The van der Waals surface area contributed by atoms with Crippen LogP contribution in [0.15, 0.2) is 6.07 Å². The number of thiophene rings is 1. The van der Waals surface area contributed by atoms with E-state index in [9.17, 15) is 0 Å². The Kier molecular flexibility index (Phi) is 4.42. The van der Waals surface area contributed by atoms with E-state index in [1.54, 1.807) is 0 Å². The summed E-state index contributed by atoms with van der Waals surface area (Å²) < 4.78 is 0. The maximum absolute atomic E-state index is 3.62. The quantitative estimate of drug-likeness (QED) is 0.833. The number of rotatable bonds is 4. The monoisotopic (exact) mass is 237 g/mol. The van der Waals surface area contributed by atoms with Crippen LogP contribution in [0.3, 0.4) is 0 Å². The van der Waals surface area contributed by atoms with Gasteiger partial charge in [-0.3, -0.25) is 0 Å². The van der Waals surface area contributed by atoms with Crippen LogP contribution in [0.2, 0.25) is 0 Å². The van der Waals surface area contributed by atoms with Gasteiger partial charge in [-0.05, 0) is 50.8 Å². The van der Waals surface area contributed by atoms with E-state index in [0.717, 1.165) is 12.5 Å². The molecule has 1 aromatic heterocycles. The molecule has 1 saturated carbocycles. The van der Waals surface area contributed by atoms with Gasteiger partial charge in [0, 0.05) is 16.3 Å². The fourth-order valence-electron chi connectivity index (χ4n) is 2.53. The topological polar surface area (TPSA) is 12.0 Å². The second-order valence-electron chi connectivity index (χ2n) is 5.09. The fourth-order valence-corrected chi connectivity index (χ4v) is 3.55. The van der Waals surface area contributed by atoms with Crippen molar-refractivity contribution >= 4 is 11.3 Å². The van der Waals surface area contributed by atoms with Gasteiger partial charge < -0.3 is 5.32 Å². The zero-order valence-corrected chi connectivity index (χ0v) is 11.3. The standard InChI is InChI=1S/C14H23NS/c1-11-8-14(16-12(11)2)10-15-9-13-6-4-3-5-7-13/h8,13,15H,3-7,9-10H2,1-2H3. The Morgan fingerprint density at radius 2 is 2.00 bits per heavy atom. The smallest absolute Gasteiger partial charge is 0.0300 e. The molecular formula is C14H23NS. The summed E-state index contributed by atoms with van der Waals surface area (Å²) in [5.41, 5.74) is 1.44. The summed E-state index contributed by atoms with van der Waals surface area (Å²) in [5.74, 6) is 0.941. The van der Waals surface area contributed by atoms with Crippen LogP contribution < -0.4 is 5.32 Å². The molecule has 0 spiro atoms. The van der Waals surface area contributed by atoms with Gasteiger partial charge in [0.2, 0.25) is 0 Å². The molecule has 0 unspecified atom stereocenters. The molecule has 1 fully saturated rings. The number of aryl methyl sites for hydroxylation is 2. The van der Waals surface area contributed by atoms with Gasteiger partial charge in [0.1, 0.15) is 0 Å². The lowest BCUT2D eigenvalue weighted by molar-refractivity contribution is 0.342. The minimum Gasteiger partial charge on any atom is -0.312 e. The molecule has 0 atom stereocenters. The van der Waals surface area contributed by atoms with Crippen LogP contribution in [0.5, 0.6) is 0 Å². The maximum atomic E-state index is 3.62. The third-order valence-corrected chi connectivity index (χ3v) is 4.83. The van der Waals surface area contributed by atoms with Crippen LogP contribution in [-0.4, -0.2) is 6.54 Å². The average Bonchev–Trinajstić information content (AvgIpc) is 2.60. The van der Waals surface area contributed by atoms with Crippen molar-refractivity contribution in [3.05, 3.63) is 21.4 Å². The largest absolute Gasteiger partial charge is 0.312 e. The van der Waals surface area contributed by atoms with Gasteiger partial charge in [-0.2, -0.15) is 0 Å².